The molecule has 0 bridgehead atoms. The van der Waals surface area contributed by atoms with Crippen molar-refractivity contribution in [3.8, 4) is 5.75 Å². The molecule has 1 aliphatic heterocycles. The number of nitrogens with one attached hydrogen (secondary N) is 1. The van der Waals surface area contributed by atoms with E-state index in [1.54, 1.807) is 44.3 Å². The average Bonchev–Trinajstić information content (AvgIpc) is 3.06. The number of hydrogen-bond acceptors (Lipinski definition) is 4. The van der Waals surface area contributed by atoms with Crippen LogP contribution in [0.15, 0.2) is 48.7 Å². The van der Waals surface area contributed by atoms with Crippen LogP contribution < -0.4 is 15.0 Å². The van der Waals surface area contributed by atoms with Crippen LogP contribution >= 0.6 is 11.6 Å². The zero-order chi connectivity index (χ0) is 17.9. The van der Waals surface area contributed by atoms with Gasteiger partial charge in [-0.05, 0) is 56.7 Å². The van der Waals surface area contributed by atoms with Crippen LogP contribution in [0.2, 0.25) is 5.02 Å². The highest BCUT2D eigenvalue weighted by Gasteiger charge is 2.33. The van der Waals surface area contributed by atoms with Gasteiger partial charge in [0.1, 0.15) is 11.6 Å². The van der Waals surface area contributed by atoms with E-state index in [1.165, 1.54) is 0 Å². The van der Waals surface area contributed by atoms with Crippen LogP contribution in [0.5, 0.6) is 5.75 Å². The van der Waals surface area contributed by atoms with Gasteiger partial charge in [0.2, 0.25) is 0 Å². The van der Waals surface area contributed by atoms with Crippen molar-refractivity contribution in [2.75, 3.05) is 18.0 Å². The zero-order valence-electron chi connectivity index (χ0n) is 14.4. The Morgan fingerprint density at radius 1 is 1.28 bits per heavy atom. The van der Waals surface area contributed by atoms with E-state index in [-0.39, 0.29) is 11.9 Å². The number of halogens is 1. The molecule has 1 aromatic carbocycles. The van der Waals surface area contributed by atoms with Gasteiger partial charge in [-0.2, -0.15) is 0 Å². The molecule has 2 aromatic rings. The quantitative estimate of drug-likeness (QED) is 0.890. The summed E-state index contributed by atoms with van der Waals surface area (Å²) in [5, 5.41) is 3.73. The largest absolute Gasteiger partial charge is 0.478 e. The molecule has 1 aromatic heterocycles. The highest BCUT2D eigenvalue weighted by molar-refractivity contribution is 6.30. The van der Waals surface area contributed by atoms with Crippen LogP contribution in [0.1, 0.15) is 20.3 Å². The number of benzene rings is 1. The normalized spacial score (nSPS) is 17.4. The molecule has 3 rings (SSSR count). The molecule has 1 N–H and O–H groups in total. The van der Waals surface area contributed by atoms with E-state index in [4.69, 9.17) is 16.3 Å². The van der Waals surface area contributed by atoms with Gasteiger partial charge in [-0.1, -0.05) is 17.7 Å². The molecule has 6 heteroatoms. The molecule has 0 aliphatic carbocycles. The van der Waals surface area contributed by atoms with E-state index in [0.717, 1.165) is 25.3 Å². The summed E-state index contributed by atoms with van der Waals surface area (Å²) in [7, 11) is 0. The third-order valence-corrected chi connectivity index (χ3v) is 4.48. The Morgan fingerprint density at radius 2 is 2.04 bits per heavy atom. The summed E-state index contributed by atoms with van der Waals surface area (Å²) in [6.45, 7) is 5.16. The van der Waals surface area contributed by atoms with Gasteiger partial charge in [-0.3, -0.25) is 4.79 Å². The number of rotatable bonds is 5. The molecule has 132 valence electrons. The van der Waals surface area contributed by atoms with E-state index in [9.17, 15) is 4.79 Å². The number of anilines is 1. The van der Waals surface area contributed by atoms with E-state index in [2.05, 4.69) is 15.2 Å². The maximum atomic E-state index is 12.6. The number of nitrogens with zero attached hydrogens (tertiary/aromatic N) is 2. The first-order valence-electron chi connectivity index (χ1n) is 8.35. The molecule has 1 aliphatic rings. The van der Waals surface area contributed by atoms with Crippen LogP contribution in [-0.4, -0.2) is 35.6 Å². The second-order valence-corrected chi connectivity index (χ2v) is 7.10. The molecule has 25 heavy (non-hydrogen) atoms. The van der Waals surface area contributed by atoms with Gasteiger partial charge >= 0.3 is 0 Å². The molecule has 1 saturated heterocycles. The highest BCUT2D eigenvalue weighted by Crippen LogP contribution is 2.22. The lowest BCUT2D eigenvalue weighted by atomic mass is 10.1. The second-order valence-electron chi connectivity index (χ2n) is 6.66. The molecule has 1 amide bonds. The Balaban J connectivity index is 1.57. The van der Waals surface area contributed by atoms with Crippen molar-refractivity contribution in [3.05, 3.63) is 53.7 Å². The summed E-state index contributed by atoms with van der Waals surface area (Å²) in [5.41, 5.74) is -0.966. The minimum Gasteiger partial charge on any atom is -0.478 e. The van der Waals surface area contributed by atoms with Crippen molar-refractivity contribution in [3.63, 3.8) is 0 Å². The summed E-state index contributed by atoms with van der Waals surface area (Å²) in [6.07, 6.45) is 2.67. The third kappa shape index (κ3) is 4.42. The Labute approximate surface area is 153 Å². The standard InChI is InChI=1S/C19H22ClN3O2/c1-19(2,25-16-8-6-14(20)7-9-16)18(24)22-15-10-12-23(13-15)17-5-3-4-11-21-17/h3-9,11,15H,10,12-13H2,1-2H3,(H,22,24)/t15-/m0/s1. The number of amides is 1. The summed E-state index contributed by atoms with van der Waals surface area (Å²) in [6, 6.07) is 12.9. The van der Waals surface area contributed by atoms with Gasteiger partial charge < -0.3 is 15.0 Å². The van der Waals surface area contributed by atoms with E-state index >= 15 is 0 Å². The van der Waals surface area contributed by atoms with Gasteiger partial charge in [-0.15, -0.1) is 0 Å². The zero-order valence-corrected chi connectivity index (χ0v) is 15.2. The van der Waals surface area contributed by atoms with E-state index in [0.29, 0.717) is 10.8 Å². The maximum Gasteiger partial charge on any atom is 0.263 e. The third-order valence-electron chi connectivity index (χ3n) is 4.23. The minimum absolute atomic E-state index is 0.0857. The SMILES string of the molecule is CC(C)(Oc1ccc(Cl)cc1)C(=O)N[C@H]1CCN(c2ccccn2)C1. The molecule has 0 unspecified atom stereocenters. The van der Waals surface area contributed by atoms with Crippen molar-refractivity contribution in [2.24, 2.45) is 0 Å². The Morgan fingerprint density at radius 3 is 2.72 bits per heavy atom. The molecular weight excluding hydrogens is 338 g/mol. The molecule has 1 atom stereocenters. The number of pyridine rings is 1. The molecule has 2 heterocycles. The molecule has 0 saturated carbocycles. The molecular formula is C19H22ClN3O2. The predicted molar refractivity (Wildman–Crippen MR) is 99.2 cm³/mol. The fraction of sp³-hybridized carbons (Fsp3) is 0.368. The van der Waals surface area contributed by atoms with Crippen LogP contribution in [0.4, 0.5) is 5.82 Å². The van der Waals surface area contributed by atoms with Gasteiger partial charge in [0.15, 0.2) is 5.60 Å². The lowest BCUT2D eigenvalue weighted by Gasteiger charge is -2.27. The highest BCUT2D eigenvalue weighted by atomic mass is 35.5. The summed E-state index contributed by atoms with van der Waals surface area (Å²) < 4.78 is 5.84. The Kier molecular flexibility index (Phi) is 5.13. The number of carbonyl (C=O) groups is 1. The number of hydrogen-bond donors (Lipinski definition) is 1. The first kappa shape index (κ1) is 17.5. The predicted octanol–water partition coefficient (Wildman–Crippen LogP) is 3.29. The van der Waals surface area contributed by atoms with Gasteiger partial charge in [0.25, 0.3) is 5.91 Å². The Hall–Kier alpha value is -2.27. The van der Waals surface area contributed by atoms with Gasteiger partial charge in [0.05, 0.1) is 0 Å². The summed E-state index contributed by atoms with van der Waals surface area (Å²) in [5.74, 6) is 1.43. The van der Waals surface area contributed by atoms with Crippen LogP contribution in [-0.2, 0) is 4.79 Å². The smallest absolute Gasteiger partial charge is 0.263 e. The van der Waals surface area contributed by atoms with Gasteiger partial charge in [0, 0.05) is 30.4 Å². The van der Waals surface area contributed by atoms with Crippen LogP contribution in [0.3, 0.4) is 0 Å². The van der Waals surface area contributed by atoms with E-state index in [1.807, 2.05) is 18.2 Å². The molecule has 0 radical (unpaired) electrons. The fourth-order valence-electron chi connectivity index (χ4n) is 2.83. The monoisotopic (exact) mass is 359 g/mol. The van der Waals surface area contributed by atoms with E-state index < -0.39 is 5.60 Å². The minimum atomic E-state index is -0.966. The number of carbonyl (C=O) groups excluding carboxylic acids is 1. The summed E-state index contributed by atoms with van der Waals surface area (Å²) >= 11 is 5.88. The molecule has 5 nitrogen and oxygen atoms in total. The average molecular weight is 360 g/mol. The van der Waals surface area contributed by atoms with Crippen LogP contribution in [0.25, 0.3) is 0 Å². The maximum absolute atomic E-state index is 12.6. The number of aromatic nitrogens is 1. The Bertz CT molecular complexity index is 719. The van der Waals surface area contributed by atoms with Gasteiger partial charge in [-0.25, -0.2) is 4.98 Å². The lowest BCUT2D eigenvalue weighted by molar-refractivity contribution is -0.134. The first-order chi connectivity index (χ1) is 11.9. The molecule has 1 fully saturated rings. The topological polar surface area (TPSA) is 54.5 Å². The second kappa shape index (κ2) is 7.31. The molecule has 0 spiro atoms. The lowest BCUT2D eigenvalue weighted by Crippen LogP contribution is -2.50. The van der Waals surface area contributed by atoms with Crippen LogP contribution in [0, 0.1) is 0 Å². The first-order valence-corrected chi connectivity index (χ1v) is 8.73. The summed E-state index contributed by atoms with van der Waals surface area (Å²) in [4.78, 5) is 19.2. The van der Waals surface area contributed by atoms with Crippen molar-refractivity contribution in [1.29, 1.82) is 0 Å². The van der Waals surface area contributed by atoms with Crippen molar-refractivity contribution in [1.82, 2.24) is 10.3 Å². The van der Waals surface area contributed by atoms with Crippen molar-refractivity contribution >= 4 is 23.3 Å². The van der Waals surface area contributed by atoms with Crippen molar-refractivity contribution in [2.45, 2.75) is 31.9 Å². The number of ether oxygens (including phenoxy) is 1. The van der Waals surface area contributed by atoms with Crippen molar-refractivity contribution < 1.29 is 9.53 Å². The fourth-order valence-corrected chi connectivity index (χ4v) is 2.96.